The van der Waals surface area contributed by atoms with E-state index in [0.29, 0.717) is 23.1 Å². The Bertz CT molecular complexity index is 1090. The molecule has 1 aliphatic rings. The molecule has 2 heterocycles. The molecule has 1 aliphatic heterocycles. The summed E-state index contributed by atoms with van der Waals surface area (Å²) in [6.07, 6.45) is 3.61. The van der Waals surface area contributed by atoms with Gasteiger partial charge in [0.1, 0.15) is 6.33 Å². The van der Waals surface area contributed by atoms with Gasteiger partial charge in [0.05, 0.1) is 11.8 Å². The number of anilines is 3. The Morgan fingerprint density at radius 1 is 1.10 bits per heavy atom. The maximum absolute atomic E-state index is 11.3. The van der Waals surface area contributed by atoms with Crippen molar-refractivity contribution in [1.82, 2.24) is 15.0 Å². The fraction of sp³-hybridized carbons (Fsp3) is 0.250. The zero-order chi connectivity index (χ0) is 20.3. The lowest BCUT2D eigenvalue weighted by molar-refractivity contribution is 0.597. The second-order valence-corrected chi connectivity index (χ2v) is 8.62. The number of hydrogen-bond donors (Lipinski definition) is 2. The molecular weight excluding hydrogens is 388 g/mol. The van der Waals surface area contributed by atoms with Crippen LogP contribution in [0.1, 0.15) is 30.0 Å². The molecule has 4 rings (SSSR count). The molecule has 3 N–H and O–H groups in total. The Morgan fingerprint density at radius 3 is 2.72 bits per heavy atom. The number of nitrogens with two attached hydrogens (primary N) is 1. The third kappa shape index (κ3) is 4.87. The number of rotatable bonds is 6. The number of nitrogens with zero attached hydrogens (tertiary/aromatic N) is 4. The first-order chi connectivity index (χ1) is 14.0. The lowest BCUT2D eigenvalue weighted by atomic mass is 10.1. The molecule has 0 amide bonds. The van der Waals surface area contributed by atoms with Crippen LogP contribution in [0, 0.1) is 0 Å². The molecule has 2 aromatic carbocycles. The van der Waals surface area contributed by atoms with Crippen LogP contribution in [0.15, 0.2) is 60.9 Å². The Kier molecular flexibility index (Phi) is 5.41. The second-order valence-electron chi connectivity index (χ2n) is 7.00. The van der Waals surface area contributed by atoms with E-state index in [1.165, 1.54) is 11.9 Å². The van der Waals surface area contributed by atoms with Gasteiger partial charge in [-0.15, -0.1) is 0 Å². The van der Waals surface area contributed by atoms with Crippen LogP contribution in [0.25, 0.3) is 0 Å². The van der Waals surface area contributed by atoms with Crippen molar-refractivity contribution in [3.05, 3.63) is 72.1 Å². The maximum atomic E-state index is 11.3. The molecule has 1 fully saturated rings. The summed E-state index contributed by atoms with van der Waals surface area (Å²) in [6, 6.07) is 17.6. The molecule has 9 heteroatoms. The zero-order valence-corrected chi connectivity index (χ0v) is 16.6. The fourth-order valence-corrected chi connectivity index (χ4v) is 4.26. The molecule has 1 saturated heterocycles. The van der Waals surface area contributed by atoms with Gasteiger partial charge >= 0.3 is 0 Å². The van der Waals surface area contributed by atoms with E-state index >= 15 is 0 Å². The molecule has 1 aromatic heterocycles. The van der Waals surface area contributed by atoms with Crippen molar-refractivity contribution in [2.45, 2.75) is 24.6 Å². The number of benzene rings is 2. The van der Waals surface area contributed by atoms with Gasteiger partial charge in [0.2, 0.25) is 21.9 Å². The van der Waals surface area contributed by atoms with E-state index in [9.17, 15) is 8.42 Å². The van der Waals surface area contributed by atoms with Crippen molar-refractivity contribution in [1.29, 1.82) is 0 Å². The molecule has 8 nitrogen and oxygen atoms in total. The van der Waals surface area contributed by atoms with Gasteiger partial charge in [0, 0.05) is 12.2 Å². The Balaban J connectivity index is 1.54. The second kappa shape index (κ2) is 8.14. The van der Waals surface area contributed by atoms with Crippen molar-refractivity contribution >= 4 is 27.6 Å². The van der Waals surface area contributed by atoms with Crippen molar-refractivity contribution in [2.75, 3.05) is 16.8 Å². The average molecular weight is 411 g/mol. The molecule has 0 unspecified atom stereocenters. The number of primary sulfonamides is 1. The largest absolute Gasteiger partial charge is 0.334 e. The minimum absolute atomic E-state index is 0.225. The van der Waals surface area contributed by atoms with Crippen molar-refractivity contribution < 1.29 is 8.42 Å². The molecule has 3 aromatic rings. The van der Waals surface area contributed by atoms with E-state index in [1.54, 1.807) is 18.2 Å². The lowest BCUT2D eigenvalue weighted by Crippen LogP contribution is -2.25. The topological polar surface area (TPSA) is 114 Å². The first-order valence-corrected chi connectivity index (χ1v) is 11.1. The quantitative estimate of drug-likeness (QED) is 0.642. The third-order valence-electron chi connectivity index (χ3n) is 4.80. The van der Waals surface area contributed by atoms with Crippen molar-refractivity contribution in [3.63, 3.8) is 0 Å². The molecule has 29 heavy (non-hydrogen) atoms. The van der Waals surface area contributed by atoms with Gasteiger partial charge in [0.15, 0.2) is 0 Å². The first-order valence-electron chi connectivity index (χ1n) is 9.35. The van der Waals surface area contributed by atoms with Gasteiger partial charge in [-0.3, -0.25) is 0 Å². The number of aromatic nitrogens is 3. The Labute approximate surface area is 169 Å². The number of sulfonamides is 1. The molecule has 0 saturated carbocycles. The summed E-state index contributed by atoms with van der Waals surface area (Å²) < 4.78 is 22.7. The molecular formula is C20H22N6O2S. The van der Waals surface area contributed by atoms with Crippen LogP contribution >= 0.6 is 0 Å². The summed E-state index contributed by atoms with van der Waals surface area (Å²) in [4.78, 5) is 15.4. The van der Waals surface area contributed by atoms with E-state index < -0.39 is 10.0 Å². The first kappa shape index (κ1) is 19.3. The van der Waals surface area contributed by atoms with Gasteiger partial charge in [-0.05, 0) is 36.1 Å². The zero-order valence-electron chi connectivity index (χ0n) is 15.8. The summed E-state index contributed by atoms with van der Waals surface area (Å²) >= 11 is 0. The fourth-order valence-electron chi connectivity index (χ4n) is 3.61. The summed E-state index contributed by atoms with van der Waals surface area (Å²) in [5, 5.41) is 8.26. The highest BCUT2D eigenvalue weighted by Gasteiger charge is 2.28. The average Bonchev–Trinajstić information content (AvgIpc) is 3.18. The van der Waals surface area contributed by atoms with Crippen LogP contribution in [-0.2, 0) is 15.8 Å². The van der Waals surface area contributed by atoms with Crippen molar-refractivity contribution in [3.8, 4) is 0 Å². The third-order valence-corrected chi connectivity index (χ3v) is 5.54. The van der Waals surface area contributed by atoms with E-state index in [1.807, 2.05) is 24.3 Å². The molecule has 0 bridgehead atoms. The molecule has 0 spiro atoms. The number of hydrogen-bond acceptors (Lipinski definition) is 7. The SMILES string of the molecule is NS(=O)(=O)Cc1cccc(Nc2ncnc(N3CCC[C@@H]3c3ccccc3)n2)c1. The normalized spacial score (nSPS) is 16.7. The highest BCUT2D eigenvalue weighted by Crippen LogP contribution is 2.34. The van der Waals surface area contributed by atoms with Gasteiger partial charge in [0.25, 0.3) is 0 Å². The summed E-state index contributed by atoms with van der Waals surface area (Å²) in [6.45, 7) is 0.882. The minimum Gasteiger partial charge on any atom is -0.334 e. The van der Waals surface area contributed by atoms with Crippen LogP contribution in [0.2, 0.25) is 0 Å². The van der Waals surface area contributed by atoms with Gasteiger partial charge in [-0.2, -0.15) is 4.98 Å². The summed E-state index contributed by atoms with van der Waals surface area (Å²) in [5.41, 5.74) is 2.52. The van der Waals surface area contributed by atoms with Crippen LogP contribution in [0.4, 0.5) is 17.6 Å². The van der Waals surface area contributed by atoms with E-state index in [-0.39, 0.29) is 11.8 Å². The van der Waals surface area contributed by atoms with Gasteiger partial charge < -0.3 is 10.2 Å². The molecule has 1 atom stereocenters. The standard InChI is InChI=1S/C20H22N6O2S/c21-29(27,28)13-15-6-4-9-17(12-15)24-19-22-14-23-20(25-19)26-11-5-10-18(26)16-7-2-1-3-8-16/h1-4,6-9,12,14,18H,5,10-11,13H2,(H2,21,27,28)(H,22,23,24,25)/t18-/m1/s1. The maximum Gasteiger partial charge on any atom is 0.231 e. The highest BCUT2D eigenvalue weighted by atomic mass is 32.2. The van der Waals surface area contributed by atoms with Crippen LogP contribution < -0.4 is 15.4 Å². The molecule has 150 valence electrons. The Morgan fingerprint density at radius 2 is 1.93 bits per heavy atom. The lowest BCUT2D eigenvalue weighted by Gasteiger charge is -2.25. The van der Waals surface area contributed by atoms with Crippen LogP contribution in [0.5, 0.6) is 0 Å². The number of nitrogens with one attached hydrogen (secondary N) is 1. The van der Waals surface area contributed by atoms with Crippen LogP contribution in [-0.4, -0.2) is 29.9 Å². The van der Waals surface area contributed by atoms with Crippen molar-refractivity contribution in [2.24, 2.45) is 5.14 Å². The monoisotopic (exact) mass is 410 g/mol. The smallest absolute Gasteiger partial charge is 0.231 e. The van der Waals surface area contributed by atoms with Gasteiger partial charge in [-0.25, -0.2) is 23.5 Å². The minimum atomic E-state index is -3.59. The predicted octanol–water partition coefficient (Wildman–Crippen LogP) is 2.75. The van der Waals surface area contributed by atoms with Crippen LogP contribution in [0.3, 0.4) is 0 Å². The van der Waals surface area contributed by atoms with E-state index in [4.69, 9.17) is 5.14 Å². The predicted molar refractivity (Wildman–Crippen MR) is 112 cm³/mol. The van der Waals surface area contributed by atoms with E-state index in [0.717, 1.165) is 19.4 Å². The summed E-state index contributed by atoms with van der Waals surface area (Å²) in [5.74, 6) is 0.799. The molecule has 0 aliphatic carbocycles. The highest BCUT2D eigenvalue weighted by molar-refractivity contribution is 7.88. The Hall–Kier alpha value is -3.04. The summed E-state index contributed by atoms with van der Waals surface area (Å²) in [7, 11) is -3.59. The van der Waals surface area contributed by atoms with E-state index in [2.05, 4.69) is 37.3 Å². The van der Waals surface area contributed by atoms with Gasteiger partial charge in [-0.1, -0.05) is 42.5 Å². The molecule has 0 radical (unpaired) electrons.